The van der Waals surface area contributed by atoms with E-state index in [2.05, 4.69) is 0 Å². The minimum absolute atomic E-state index is 0. The molecular formula is C7H2F16NNaO4S2. The summed E-state index contributed by atoms with van der Waals surface area (Å²) in [6, 6.07) is 0. The Morgan fingerprint density at radius 1 is 0.419 bits per heavy atom. The molecule has 0 saturated carbocycles. The zero-order valence-corrected chi connectivity index (χ0v) is 14.1. The van der Waals surface area contributed by atoms with Crippen LogP contribution in [-0.2, 0) is 20.0 Å². The van der Waals surface area contributed by atoms with Gasteiger partial charge in [0, 0.05) is 0 Å². The molecule has 0 heterocycles. The van der Waals surface area contributed by atoms with E-state index in [1.165, 1.54) is 0 Å². The number of rotatable bonds is 7. The van der Waals surface area contributed by atoms with Crippen LogP contribution < -0.4 is 4.13 Å². The normalized spacial score (nSPS) is 16.1. The molecule has 31 heavy (non-hydrogen) atoms. The number of alkyl halides is 16. The molecule has 0 aliphatic rings. The fraction of sp³-hybridized carbons (Fsp3) is 1.00. The van der Waals surface area contributed by atoms with E-state index in [1.807, 2.05) is 0 Å². The van der Waals surface area contributed by atoms with Crippen LogP contribution in [0.2, 0.25) is 0 Å². The zero-order chi connectivity index (χ0) is 25.2. The topological polar surface area (TPSA) is 80.3 Å². The average molecular weight is 555 g/mol. The SMILES string of the molecule is O=S(=O)(NS(=O)(=O)C(F)(F)C(F)(F)C(F)(F)C(F)(F)F)C(F)(F)C(F)(F)C(F)(F)F.[NaH]. The van der Waals surface area contributed by atoms with Crippen molar-refractivity contribution in [3.63, 3.8) is 0 Å². The van der Waals surface area contributed by atoms with Crippen LogP contribution in [0.5, 0.6) is 0 Å². The van der Waals surface area contributed by atoms with Crippen LogP contribution in [0.1, 0.15) is 0 Å². The minimum atomic E-state index is -8.49. The molecule has 184 valence electrons. The summed E-state index contributed by atoms with van der Waals surface area (Å²) in [5.74, 6) is -24.0. The first-order valence-corrected chi connectivity index (χ1v) is 8.72. The van der Waals surface area contributed by atoms with E-state index in [-0.39, 0.29) is 29.6 Å². The van der Waals surface area contributed by atoms with Gasteiger partial charge in [0.05, 0.1) is 0 Å². The molecule has 24 heteroatoms. The van der Waals surface area contributed by atoms with Gasteiger partial charge >= 0.3 is 70.2 Å². The molecule has 0 aromatic rings. The predicted molar refractivity (Wildman–Crippen MR) is 65.0 cm³/mol. The van der Waals surface area contributed by atoms with Crippen molar-refractivity contribution in [2.24, 2.45) is 0 Å². The zero-order valence-electron chi connectivity index (χ0n) is 12.5. The van der Waals surface area contributed by atoms with Crippen LogP contribution in [0.4, 0.5) is 70.2 Å². The summed E-state index contributed by atoms with van der Waals surface area (Å²) in [6.45, 7) is 0. The third-order valence-corrected chi connectivity index (χ3v) is 6.35. The van der Waals surface area contributed by atoms with Crippen LogP contribution in [0, 0.1) is 0 Å². The maximum absolute atomic E-state index is 13.2. The van der Waals surface area contributed by atoms with Crippen molar-refractivity contribution in [3.8, 4) is 0 Å². The molecule has 0 aliphatic carbocycles. The van der Waals surface area contributed by atoms with Gasteiger partial charge in [-0.05, 0) is 0 Å². The van der Waals surface area contributed by atoms with Crippen LogP contribution in [-0.4, -0.2) is 87.0 Å². The molecule has 5 nitrogen and oxygen atoms in total. The molecule has 0 aromatic carbocycles. The molecule has 0 unspecified atom stereocenters. The summed E-state index contributed by atoms with van der Waals surface area (Å²) in [4.78, 5) is 0. The van der Waals surface area contributed by atoms with Crippen LogP contribution >= 0.6 is 0 Å². The Balaban J connectivity index is 0. The van der Waals surface area contributed by atoms with Crippen molar-refractivity contribution < 1.29 is 87.1 Å². The van der Waals surface area contributed by atoms with Gasteiger partial charge in [-0.15, -0.1) is 0 Å². The van der Waals surface area contributed by atoms with Crippen molar-refractivity contribution in [1.29, 1.82) is 0 Å². The monoisotopic (exact) mass is 555 g/mol. The molecule has 0 amide bonds. The molecule has 1 N–H and O–H groups in total. The van der Waals surface area contributed by atoms with Crippen molar-refractivity contribution in [2.45, 2.75) is 40.6 Å². The Morgan fingerprint density at radius 3 is 0.871 bits per heavy atom. The number of hydrogen-bond acceptors (Lipinski definition) is 4. The second-order valence-electron chi connectivity index (χ2n) is 4.84. The Labute approximate surface area is 181 Å². The Kier molecular flexibility index (Phi) is 8.70. The first-order valence-electron chi connectivity index (χ1n) is 5.76. The van der Waals surface area contributed by atoms with Crippen molar-refractivity contribution >= 4 is 49.6 Å². The first kappa shape index (κ1) is 32.9. The molecule has 0 aromatic heterocycles. The van der Waals surface area contributed by atoms with E-state index < -0.39 is 64.8 Å². The maximum atomic E-state index is 13.2. The van der Waals surface area contributed by atoms with Gasteiger partial charge in [0.15, 0.2) is 0 Å². The van der Waals surface area contributed by atoms with E-state index in [9.17, 15) is 87.1 Å². The van der Waals surface area contributed by atoms with Gasteiger partial charge in [0.25, 0.3) is 20.0 Å². The van der Waals surface area contributed by atoms with Gasteiger partial charge < -0.3 is 0 Å². The number of sulfonamides is 2. The van der Waals surface area contributed by atoms with Crippen LogP contribution in [0.3, 0.4) is 0 Å². The molecule has 0 rings (SSSR count). The summed E-state index contributed by atoms with van der Waals surface area (Å²) in [5, 5.41) is -15.8. The number of halogens is 16. The molecule has 0 spiro atoms. The van der Waals surface area contributed by atoms with Crippen LogP contribution in [0.25, 0.3) is 0 Å². The standard InChI is InChI=1S/C7HF16NO4S2.Na.H/c8-1(9,4(14,15)16)2(10,11)6(20,21)29(25,26)24-30(27,28)7(22,23)3(12,13)5(17,18)19;;/h24H;;. The second-order valence-corrected chi connectivity index (χ2v) is 8.55. The van der Waals surface area contributed by atoms with E-state index in [0.717, 1.165) is 0 Å². The van der Waals surface area contributed by atoms with Gasteiger partial charge in [-0.3, -0.25) is 0 Å². The van der Waals surface area contributed by atoms with E-state index in [0.29, 0.717) is 0 Å². The van der Waals surface area contributed by atoms with E-state index >= 15 is 0 Å². The molecule has 0 bridgehead atoms. The summed E-state index contributed by atoms with van der Waals surface area (Å²) in [7, 11) is -16.9. The van der Waals surface area contributed by atoms with Crippen LogP contribution in [0.15, 0.2) is 0 Å². The van der Waals surface area contributed by atoms with E-state index in [1.54, 1.807) is 0 Å². The van der Waals surface area contributed by atoms with Gasteiger partial charge in [0.1, 0.15) is 0 Å². The van der Waals surface area contributed by atoms with Gasteiger partial charge in [-0.2, -0.15) is 70.2 Å². The van der Waals surface area contributed by atoms with Crippen molar-refractivity contribution in [1.82, 2.24) is 4.13 Å². The second kappa shape index (κ2) is 8.20. The average Bonchev–Trinajstić information content (AvgIpc) is 2.42. The van der Waals surface area contributed by atoms with Gasteiger partial charge in [-0.1, -0.05) is 4.13 Å². The summed E-state index contributed by atoms with van der Waals surface area (Å²) < 4.78 is 241. The molecule has 0 radical (unpaired) electrons. The molecule has 0 fully saturated rings. The Hall–Kier alpha value is -0.260. The third-order valence-electron chi connectivity index (χ3n) is 2.73. The fourth-order valence-electron chi connectivity index (χ4n) is 1.11. The summed E-state index contributed by atoms with van der Waals surface area (Å²) in [5.41, 5.74) is 0. The predicted octanol–water partition coefficient (Wildman–Crippen LogP) is 2.80. The molecule has 0 saturated heterocycles. The summed E-state index contributed by atoms with van der Waals surface area (Å²) >= 11 is 0. The Bertz CT molecular complexity index is 873. The van der Waals surface area contributed by atoms with Crippen molar-refractivity contribution in [2.75, 3.05) is 0 Å². The van der Waals surface area contributed by atoms with Gasteiger partial charge in [0.2, 0.25) is 0 Å². The quantitative estimate of drug-likeness (QED) is 0.388. The fourth-order valence-corrected chi connectivity index (χ4v) is 4.02. The number of hydrogen-bond donors (Lipinski definition) is 1. The van der Waals surface area contributed by atoms with Crippen molar-refractivity contribution in [3.05, 3.63) is 0 Å². The first-order chi connectivity index (χ1) is 12.5. The Morgan fingerprint density at radius 2 is 0.645 bits per heavy atom. The van der Waals surface area contributed by atoms with Gasteiger partial charge in [-0.25, -0.2) is 16.8 Å². The summed E-state index contributed by atoms with van der Waals surface area (Å²) in [6.07, 6.45) is -15.2. The van der Waals surface area contributed by atoms with E-state index in [4.69, 9.17) is 0 Å². The molecule has 0 aliphatic heterocycles. The molecule has 0 atom stereocenters. The number of nitrogens with one attached hydrogen (secondary N) is 1. The molecular weight excluding hydrogens is 553 g/mol. The third kappa shape index (κ3) is 4.84.